The van der Waals surface area contributed by atoms with Crippen molar-refractivity contribution >= 4 is 11.6 Å². The quantitative estimate of drug-likeness (QED) is 0.900. The zero-order valence-electron chi connectivity index (χ0n) is 11.8. The molecule has 0 radical (unpaired) electrons. The molecular formula is C16H23NO2. The minimum atomic E-state index is -0.0844. The van der Waals surface area contributed by atoms with Crippen molar-refractivity contribution in [1.82, 2.24) is 0 Å². The van der Waals surface area contributed by atoms with Gasteiger partial charge in [-0.25, -0.2) is 0 Å². The number of benzene rings is 1. The molecule has 0 heterocycles. The van der Waals surface area contributed by atoms with Crippen LogP contribution in [0.25, 0.3) is 0 Å². The van der Waals surface area contributed by atoms with Crippen molar-refractivity contribution in [3.05, 3.63) is 29.8 Å². The summed E-state index contributed by atoms with van der Waals surface area (Å²) in [5, 5.41) is 2.96. The summed E-state index contributed by atoms with van der Waals surface area (Å²) in [6.45, 7) is 2.42. The second-order valence-corrected chi connectivity index (χ2v) is 5.54. The highest BCUT2D eigenvalue weighted by Gasteiger charge is 2.22. The number of carbonyl (C=O) groups excluding carboxylic acids is 1. The number of nitrogens with one attached hydrogen (secondary N) is 1. The van der Waals surface area contributed by atoms with Crippen LogP contribution in [0.4, 0.5) is 5.69 Å². The molecule has 0 spiro atoms. The summed E-state index contributed by atoms with van der Waals surface area (Å²) in [7, 11) is 1.54. The Balaban J connectivity index is 2.13. The summed E-state index contributed by atoms with van der Waals surface area (Å²) >= 11 is 0. The predicted molar refractivity (Wildman–Crippen MR) is 77.3 cm³/mol. The van der Waals surface area contributed by atoms with Gasteiger partial charge in [0.05, 0.1) is 0 Å². The van der Waals surface area contributed by atoms with Crippen LogP contribution in [-0.4, -0.2) is 19.6 Å². The molecule has 2 rings (SSSR count). The molecule has 1 aromatic carbocycles. The molecule has 0 saturated heterocycles. The summed E-state index contributed by atoms with van der Waals surface area (Å²) in [5.41, 5.74) is 2.22. The van der Waals surface area contributed by atoms with E-state index in [9.17, 15) is 4.79 Å². The average Bonchev–Trinajstić information content (AvgIpc) is 2.39. The van der Waals surface area contributed by atoms with Crippen LogP contribution in [-0.2, 0) is 9.53 Å². The van der Waals surface area contributed by atoms with Gasteiger partial charge in [0, 0.05) is 12.8 Å². The minimum Gasteiger partial charge on any atom is -0.375 e. The van der Waals surface area contributed by atoms with Crippen molar-refractivity contribution in [2.75, 3.05) is 19.0 Å². The first-order chi connectivity index (χ1) is 9.20. The summed E-state index contributed by atoms with van der Waals surface area (Å²) in [6.07, 6.45) is 5.06. The summed E-state index contributed by atoms with van der Waals surface area (Å²) in [6, 6.07) is 8.16. The van der Waals surface area contributed by atoms with E-state index in [0.29, 0.717) is 5.92 Å². The van der Waals surface area contributed by atoms with Crippen LogP contribution in [0, 0.1) is 5.92 Å². The number of para-hydroxylation sites is 1. The SMILES string of the molecule is COCC(=O)Nc1ccccc1C1CCCC(C)C1. The lowest BCUT2D eigenvalue weighted by atomic mass is 9.78. The van der Waals surface area contributed by atoms with Crippen LogP contribution in [0.1, 0.15) is 44.1 Å². The second kappa shape index (κ2) is 6.71. The van der Waals surface area contributed by atoms with E-state index in [0.717, 1.165) is 11.6 Å². The van der Waals surface area contributed by atoms with Gasteiger partial charge in [0.25, 0.3) is 0 Å². The number of rotatable bonds is 4. The summed E-state index contributed by atoms with van der Waals surface area (Å²) in [4.78, 5) is 11.7. The van der Waals surface area contributed by atoms with Gasteiger partial charge in [-0.1, -0.05) is 38.0 Å². The third-order valence-electron chi connectivity index (χ3n) is 3.89. The standard InChI is InChI=1S/C16H23NO2/c1-12-6-5-7-13(10-12)14-8-3-4-9-15(14)17-16(18)11-19-2/h3-4,8-9,12-13H,5-7,10-11H2,1-2H3,(H,17,18). The topological polar surface area (TPSA) is 38.3 Å². The van der Waals surface area contributed by atoms with Crippen molar-refractivity contribution in [3.8, 4) is 0 Å². The van der Waals surface area contributed by atoms with Gasteiger partial charge in [0.1, 0.15) is 6.61 Å². The molecule has 1 aliphatic rings. The molecule has 3 nitrogen and oxygen atoms in total. The Morgan fingerprint density at radius 1 is 1.37 bits per heavy atom. The molecule has 0 aliphatic heterocycles. The van der Waals surface area contributed by atoms with Gasteiger partial charge in [-0.15, -0.1) is 0 Å². The largest absolute Gasteiger partial charge is 0.375 e. The van der Waals surface area contributed by atoms with Gasteiger partial charge in [0.2, 0.25) is 5.91 Å². The zero-order valence-corrected chi connectivity index (χ0v) is 11.8. The molecule has 1 amide bonds. The Bertz CT molecular complexity index is 431. The number of methoxy groups -OCH3 is 1. The van der Waals surface area contributed by atoms with Gasteiger partial charge in [-0.05, 0) is 36.3 Å². The maximum Gasteiger partial charge on any atom is 0.250 e. The highest BCUT2D eigenvalue weighted by atomic mass is 16.5. The summed E-state index contributed by atoms with van der Waals surface area (Å²) < 4.78 is 4.87. The molecule has 2 unspecified atom stereocenters. The van der Waals surface area contributed by atoms with E-state index in [1.54, 1.807) is 0 Å². The minimum absolute atomic E-state index is 0.0844. The third-order valence-corrected chi connectivity index (χ3v) is 3.89. The molecular weight excluding hydrogens is 238 g/mol. The predicted octanol–water partition coefficient (Wildman–Crippen LogP) is 3.57. The van der Waals surface area contributed by atoms with E-state index in [4.69, 9.17) is 4.74 Å². The van der Waals surface area contributed by atoms with E-state index in [-0.39, 0.29) is 12.5 Å². The van der Waals surface area contributed by atoms with E-state index < -0.39 is 0 Å². The Morgan fingerprint density at radius 3 is 2.89 bits per heavy atom. The lowest BCUT2D eigenvalue weighted by Crippen LogP contribution is -2.20. The second-order valence-electron chi connectivity index (χ2n) is 5.54. The monoisotopic (exact) mass is 261 g/mol. The Morgan fingerprint density at radius 2 is 2.16 bits per heavy atom. The molecule has 1 N–H and O–H groups in total. The van der Waals surface area contributed by atoms with Crippen LogP contribution in [0.5, 0.6) is 0 Å². The molecule has 1 saturated carbocycles. The van der Waals surface area contributed by atoms with Crippen molar-refractivity contribution in [2.45, 2.75) is 38.5 Å². The Hall–Kier alpha value is -1.35. The first kappa shape index (κ1) is 14.1. The molecule has 2 atom stereocenters. The van der Waals surface area contributed by atoms with Gasteiger partial charge < -0.3 is 10.1 Å². The van der Waals surface area contributed by atoms with E-state index in [1.807, 2.05) is 12.1 Å². The highest BCUT2D eigenvalue weighted by Crippen LogP contribution is 2.38. The van der Waals surface area contributed by atoms with Gasteiger partial charge in [-0.2, -0.15) is 0 Å². The van der Waals surface area contributed by atoms with Crippen molar-refractivity contribution in [1.29, 1.82) is 0 Å². The van der Waals surface area contributed by atoms with Crippen LogP contribution in [0.15, 0.2) is 24.3 Å². The van der Waals surface area contributed by atoms with Crippen LogP contribution < -0.4 is 5.32 Å². The number of hydrogen-bond acceptors (Lipinski definition) is 2. The van der Waals surface area contributed by atoms with E-state index in [1.165, 1.54) is 38.4 Å². The number of amides is 1. The molecule has 1 fully saturated rings. The Kier molecular flexibility index (Phi) is 4.97. The van der Waals surface area contributed by atoms with Gasteiger partial charge in [0.15, 0.2) is 0 Å². The van der Waals surface area contributed by atoms with Crippen LogP contribution in [0.2, 0.25) is 0 Å². The number of ether oxygens (including phenoxy) is 1. The van der Waals surface area contributed by atoms with Gasteiger partial charge >= 0.3 is 0 Å². The smallest absolute Gasteiger partial charge is 0.250 e. The molecule has 0 aromatic heterocycles. The first-order valence-electron chi connectivity index (χ1n) is 7.08. The lowest BCUT2D eigenvalue weighted by Gasteiger charge is -2.28. The van der Waals surface area contributed by atoms with Gasteiger partial charge in [-0.3, -0.25) is 4.79 Å². The van der Waals surface area contributed by atoms with E-state index >= 15 is 0 Å². The molecule has 0 bridgehead atoms. The maximum atomic E-state index is 11.7. The highest BCUT2D eigenvalue weighted by molar-refractivity contribution is 5.92. The first-order valence-corrected chi connectivity index (χ1v) is 7.08. The summed E-state index contributed by atoms with van der Waals surface area (Å²) in [5.74, 6) is 1.27. The van der Waals surface area contributed by atoms with Crippen LogP contribution in [0.3, 0.4) is 0 Å². The fourth-order valence-electron chi connectivity index (χ4n) is 3.00. The number of hydrogen-bond donors (Lipinski definition) is 1. The third kappa shape index (κ3) is 3.80. The normalized spacial score (nSPS) is 23.1. The van der Waals surface area contributed by atoms with Crippen LogP contribution >= 0.6 is 0 Å². The molecule has 104 valence electrons. The average molecular weight is 261 g/mol. The van der Waals surface area contributed by atoms with Crippen molar-refractivity contribution in [3.63, 3.8) is 0 Å². The molecule has 1 aliphatic carbocycles. The molecule has 1 aromatic rings. The number of anilines is 1. The van der Waals surface area contributed by atoms with Crippen molar-refractivity contribution < 1.29 is 9.53 Å². The fourth-order valence-corrected chi connectivity index (χ4v) is 3.00. The fraction of sp³-hybridized carbons (Fsp3) is 0.562. The molecule has 3 heteroatoms. The zero-order chi connectivity index (χ0) is 13.7. The molecule has 19 heavy (non-hydrogen) atoms. The number of carbonyl (C=O) groups is 1. The lowest BCUT2D eigenvalue weighted by molar-refractivity contribution is -0.119. The maximum absolute atomic E-state index is 11.7. The van der Waals surface area contributed by atoms with E-state index in [2.05, 4.69) is 24.4 Å². The van der Waals surface area contributed by atoms with Crippen molar-refractivity contribution in [2.24, 2.45) is 5.92 Å². The Labute approximate surface area is 115 Å².